The second-order valence-corrected chi connectivity index (χ2v) is 7.09. The molecule has 0 bridgehead atoms. The third kappa shape index (κ3) is 4.05. The molecule has 1 aromatic heterocycles. The molecule has 0 unspecified atom stereocenters. The highest BCUT2D eigenvalue weighted by Crippen LogP contribution is 2.26. The number of benzene rings is 3. The van der Waals surface area contributed by atoms with Crippen molar-refractivity contribution in [2.24, 2.45) is 0 Å². The lowest BCUT2D eigenvalue weighted by atomic mass is 9.99. The number of aryl methyl sites for hydroxylation is 2. The van der Waals surface area contributed by atoms with E-state index >= 15 is 0 Å². The van der Waals surface area contributed by atoms with Crippen molar-refractivity contribution in [3.8, 4) is 11.5 Å². The van der Waals surface area contributed by atoms with Crippen molar-refractivity contribution in [1.29, 1.82) is 0 Å². The van der Waals surface area contributed by atoms with Crippen LogP contribution in [0.15, 0.2) is 67.3 Å². The zero-order valence-electron chi connectivity index (χ0n) is 16.7. The van der Waals surface area contributed by atoms with E-state index in [9.17, 15) is 9.90 Å². The smallest absolute Gasteiger partial charge is 0.344 e. The first-order chi connectivity index (χ1) is 14.5. The summed E-state index contributed by atoms with van der Waals surface area (Å²) < 4.78 is 5.47. The first-order valence-electron chi connectivity index (χ1n) is 9.49. The molecule has 0 aliphatic rings. The van der Waals surface area contributed by atoms with Gasteiger partial charge in [-0.25, -0.2) is 14.8 Å². The summed E-state index contributed by atoms with van der Waals surface area (Å²) >= 11 is 0. The van der Waals surface area contributed by atoms with Crippen LogP contribution in [0.5, 0.6) is 11.5 Å². The highest BCUT2D eigenvalue weighted by atomic mass is 16.5. The van der Waals surface area contributed by atoms with Gasteiger partial charge < -0.3 is 9.84 Å². The van der Waals surface area contributed by atoms with Crippen LogP contribution in [0.3, 0.4) is 0 Å². The van der Waals surface area contributed by atoms with Crippen LogP contribution in [-0.4, -0.2) is 21.0 Å². The number of phenols is 1. The fraction of sp³-hybridized carbons (Fsp3) is 0.0800. The Labute approximate surface area is 174 Å². The normalized spacial score (nSPS) is 11.1. The Bertz CT molecular complexity index is 1240. The third-order valence-electron chi connectivity index (χ3n) is 4.85. The van der Waals surface area contributed by atoms with Gasteiger partial charge in [0.25, 0.3) is 0 Å². The number of nitrogens with zero attached hydrogens (tertiary/aromatic N) is 2. The monoisotopic (exact) mass is 396 g/mol. The number of ether oxygens (including phenoxy) is 1. The van der Waals surface area contributed by atoms with Crippen LogP contribution in [0.1, 0.15) is 32.6 Å². The SMILES string of the molecule is Cc1cc(C=Cc2cc3ccccc3cc2C(=O)Oc2cncnc2)cc(C)c1O. The molecule has 0 fully saturated rings. The number of carbonyl (C=O) groups is 1. The zero-order chi connectivity index (χ0) is 21.1. The van der Waals surface area contributed by atoms with Crippen molar-refractivity contribution in [3.63, 3.8) is 0 Å². The molecule has 0 spiro atoms. The molecule has 0 aliphatic heterocycles. The van der Waals surface area contributed by atoms with Crippen molar-refractivity contribution >= 4 is 28.9 Å². The Morgan fingerprint density at radius 1 is 0.933 bits per heavy atom. The molecule has 0 saturated heterocycles. The number of phenolic OH excluding ortho intramolecular Hbond substituents is 1. The van der Waals surface area contributed by atoms with E-state index in [0.717, 1.165) is 33.0 Å². The van der Waals surface area contributed by atoms with Crippen LogP contribution in [0.4, 0.5) is 0 Å². The molecule has 3 aromatic carbocycles. The lowest BCUT2D eigenvalue weighted by Gasteiger charge is -2.09. The zero-order valence-corrected chi connectivity index (χ0v) is 16.7. The molecule has 1 heterocycles. The highest BCUT2D eigenvalue weighted by Gasteiger charge is 2.14. The van der Waals surface area contributed by atoms with Gasteiger partial charge in [-0.05, 0) is 71.1 Å². The van der Waals surface area contributed by atoms with Crippen LogP contribution in [0.25, 0.3) is 22.9 Å². The summed E-state index contributed by atoms with van der Waals surface area (Å²) in [6, 6.07) is 15.4. The predicted octanol–water partition coefficient (Wildman–Crippen LogP) is 5.34. The van der Waals surface area contributed by atoms with E-state index in [2.05, 4.69) is 9.97 Å². The fourth-order valence-corrected chi connectivity index (χ4v) is 3.34. The average Bonchev–Trinajstić information content (AvgIpc) is 2.76. The number of hydrogen-bond donors (Lipinski definition) is 1. The molecule has 0 amide bonds. The number of fused-ring (bicyclic) bond motifs is 1. The molecule has 0 radical (unpaired) electrons. The van der Waals surface area contributed by atoms with Gasteiger partial charge in [-0.2, -0.15) is 0 Å². The van der Waals surface area contributed by atoms with Gasteiger partial charge in [-0.1, -0.05) is 36.4 Å². The number of aromatic hydroxyl groups is 1. The predicted molar refractivity (Wildman–Crippen MR) is 117 cm³/mol. The molecule has 0 aliphatic carbocycles. The minimum Gasteiger partial charge on any atom is -0.507 e. The van der Waals surface area contributed by atoms with Gasteiger partial charge in [0.15, 0.2) is 5.75 Å². The number of hydrogen-bond acceptors (Lipinski definition) is 5. The van der Waals surface area contributed by atoms with Crippen LogP contribution >= 0.6 is 0 Å². The molecule has 1 N–H and O–H groups in total. The molecule has 0 atom stereocenters. The largest absolute Gasteiger partial charge is 0.507 e. The molecule has 30 heavy (non-hydrogen) atoms. The minimum atomic E-state index is -0.478. The van der Waals surface area contributed by atoms with E-state index in [-0.39, 0.29) is 5.75 Å². The number of aromatic nitrogens is 2. The van der Waals surface area contributed by atoms with Gasteiger partial charge in [0.2, 0.25) is 0 Å². The van der Waals surface area contributed by atoms with E-state index in [1.807, 2.05) is 74.5 Å². The van der Waals surface area contributed by atoms with Gasteiger partial charge in [0.1, 0.15) is 12.1 Å². The van der Waals surface area contributed by atoms with E-state index in [1.54, 1.807) is 0 Å². The molecule has 4 aromatic rings. The molecule has 4 rings (SSSR count). The summed E-state index contributed by atoms with van der Waals surface area (Å²) in [6.07, 6.45) is 8.08. The lowest BCUT2D eigenvalue weighted by Crippen LogP contribution is -2.10. The molecule has 0 saturated carbocycles. The average molecular weight is 396 g/mol. The van der Waals surface area contributed by atoms with Gasteiger partial charge in [0.05, 0.1) is 18.0 Å². The van der Waals surface area contributed by atoms with E-state index in [0.29, 0.717) is 11.3 Å². The van der Waals surface area contributed by atoms with Crippen LogP contribution in [0.2, 0.25) is 0 Å². The number of rotatable bonds is 4. The van der Waals surface area contributed by atoms with E-state index in [4.69, 9.17) is 4.74 Å². The summed E-state index contributed by atoms with van der Waals surface area (Å²) in [4.78, 5) is 20.7. The van der Waals surface area contributed by atoms with E-state index in [1.165, 1.54) is 18.7 Å². The highest BCUT2D eigenvalue weighted by molar-refractivity contribution is 6.01. The second kappa shape index (κ2) is 8.17. The van der Waals surface area contributed by atoms with E-state index < -0.39 is 5.97 Å². The molecule has 5 heteroatoms. The maximum Gasteiger partial charge on any atom is 0.344 e. The summed E-state index contributed by atoms with van der Waals surface area (Å²) in [5.41, 5.74) is 3.72. The first-order valence-corrected chi connectivity index (χ1v) is 9.49. The fourth-order valence-electron chi connectivity index (χ4n) is 3.34. The van der Waals surface area contributed by atoms with Crippen LogP contribution in [-0.2, 0) is 0 Å². The van der Waals surface area contributed by atoms with Crippen molar-refractivity contribution in [2.45, 2.75) is 13.8 Å². The second-order valence-electron chi connectivity index (χ2n) is 7.09. The lowest BCUT2D eigenvalue weighted by molar-refractivity contribution is 0.0733. The van der Waals surface area contributed by atoms with Gasteiger partial charge in [-0.3, -0.25) is 0 Å². The molecular weight excluding hydrogens is 376 g/mol. The van der Waals surface area contributed by atoms with Crippen LogP contribution in [0, 0.1) is 13.8 Å². The Balaban J connectivity index is 1.75. The van der Waals surface area contributed by atoms with Gasteiger partial charge in [0, 0.05) is 0 Å². The summed E-state index contributed by atoms with van der Waals surface area (Å²) in [6.45, 7) is 3.72. The number of carbonyl (C=O) groups excluding carboxylic acids is 1. The maximum atomic E-state index is 12.9. The topological polar surface area (TPSA) is 72.3 Å². The summed E-state index contributed by atoms with van der Waals surface area (Å²) in [7, 11) is 0. The molecular formula is C25H20N2O3. The number of esters is 1. The van der Waals surface area contributed by atoms with Crippen molar-refractivity contribution in [3.05, 3.63) is 95.1 Å². The Hall–Kier alpha value is -3.99. The maximum absolute atomic E-state index is 12.9. The van der Waals surface area contributed by atoms with Crippen molar-refractivity contribution in [2.75, 3.05) is 0 Å². The van der Waals surface area contributed by atoms with Gasteiger partial charge >= 0.3 is 5.97 Å². The molecule has 148 valence electrons. The van der Waals surface area contributed by atoms with Crippen molar-refractivity contribution < 1.29 is 14.6 Å². The standard InChI is InChI=1S/C25H20N2O3/c1-16-9-18(10-17(2)24(16)28)7-8-21-11-19-5-3-4-6-20(19)12-23(21)25(29)30-22-13-26-15-27-14-22/h3-15,28H,1-2H3. The third-order valence-corrected chi connectivity index (χ3v) is 4.85. The summed E-state index contributed by atoms with van der Waals surface area (Å²) in [5, 5.41) is 12.0. The Kier molecular flexibility index (Phi) is 5.26. The molecule has 5 nitrogen and oxygen atoms in total. The summed E-state index contributed by atoms with van der Waals surface area (Å²) in [5.74, 6) is 0.107. The Morgan fingerprint density at radius 2 is 1.57 bits per heavy atom. The van der Waals surface area contributed by atoms with Crippen molar-refractivity contribution in [1.82, 2.24) is 9.97 Å². The minimum absolute atomic E-state index is 0.287. The van der Waals surface area contributed by atoms with Gasteiger partial charge in [-0.15, -0.1) is 0 Å². The van der Waals surface area contributed by atoms with Crippen LogP contribution < -0.4 is 4.74 Å². The quantitative estimate of drug-likeness (QED) is 0.372. The Morgan fingerprint density at radius 3 is 2.23 bits per heavy atom. The first kappa shape index (κ1) is 19.3.